The first kappa shape index (κ1) is 14.8. The van der Waals surface area contributed by atoms with Gasteiger partial charge in [-0.15, -0.1) is 6.58 Å². The summed E-state index contributed by atoms with van der Waals surface area (Å²) in [6.07, 6.45) is 5.43. The van der Waals surface area contributed by atoms with Crippen molar-refractivity contribution in [3.05, 3.63) is 58.4 Å². The van der Waals surface area contributed by atoms with E-state index in [4.69, 9.17) is 0 Å². The fraction of sp³-hybridized carbons (Fsp3) is 0.368. The molecule has 1 N–H and O–H groups in total. The van der Waals surface area contributed by atoms with Crippen LogP contribution in [0.3, 0.4) is 0 Å². The van der Waals surface area contributed by atoms with Crippen LogP contribution in [0.2, 0.25) is 0 Å². The van der Waals surface area contributed by atoms with Gasteiger partial charge in [-0.2, -0.15) is 0 Å². The maximum absolute atomic E-state index is 12.8. The van der Waals surface area contributed by atoms with E-state index in [0.29, 0.717) is 11.1 Å². The summed E-state index contributed by atoms with van der Waals surface area (Å²) < 4.78 is 0. The highest BCUT2D eigenvalue weighted by atomic mass is 16.3. The molecule has 1 aromatic rings. The first-order chi connectivity index (χ1) is 10.4. The number of rotatable bonds is 2. The van der Waals surface area contributed by atoms with Gasteiger partial charge in [0.25, 0.3) is 0 Å². The molecule has 22 heavy (non-hydrogen) atoms. The Kier molecular flexibility index (Phi) is 3.32. The number of ketones is 2. The van der Waals surface area contributed by atoms with Crippen LogP contribution < -0.4 is 0 Å². The standard InChI is InChI=1S/C19H20O3/c1-4-19(2,3)15-16(20)13-10-9-11-7-5-6-8-12(11)14(13)17(21)18(15)22/h4,9-10,22H,1,5-8H2,2-3H3. The molecule has 0 aromatic heterocycles. The minimum atomic E-state index is -0.746. The van der Waals surface area contributed by atoms with Gasteiger partial charge in [-0.25, -0.2) is 0 Å². The molecule has 0 aliphatic heterocycles. The number of Topliss-reactive ketones (excluding diaryl/α,β-unsaturated/α-hetero) is 2. The molecule has 2 aliphatic carbocycles. The molecule has 3 rings (SSSR count). The molecule has 0 unspecified atom stereocenters. The Labute approximate surface area is 130 Å². The number of allylic oxidation sites excluding steroid dienone is 3. The maximum Gasteiger partial charge on any atom is 0.228 e. The lowest BCUT2D eigenvalue weighted by atomic mass is 9.72. The van der Waals surface area contributed by atoms with Crippen LogP contribution in [0.15, 0.2) is 36.1 Å². The lowest BCUT2D eigenvalue weighted by Crippen LogP contribution is -2.31. The number of hydrogen-bond acceptors (Lipinski definition) is 3. The summed E-state index contributed by atoms with van der Waals surface area (Å²) in [5.41, 5.74) is 2.33. The van der Waals surface area contributed by atoms with Crippen LogP contribution in [0.25, 0.3) is 0 Å². The molecule has 0 bridgehead atoms. The molecule has 3 nitrogen and oxygen atoms in total. The third-order valence-corrected chi connectivity index (χ3v) is 4.84. The summed E-state index contributed by atoms with van der Waals surface area (Å²) >= 11 is 0. The van der Waals surface area contributed by atoms with Gasteiger partial charge >= 0.3 is 0 Å². The zero-order valence-corrected chi connectivity index (χ0v) is 13.0. The second kappa shape index (κ2) is 4.94. The van der Waals surface area contributed by atoms with E-state index in [1.807, 2.05) is 6.07 Å². The zero-order chi connectivity index (χ0) is 16.1. The fourth-order valence-corrected chi connectivity index (χ4v) is 3.45. The Bertz CT molecular complexity index is 735. The number of carbonyl (C=O) groups is 2. The van der Waals surface area contributed by atoms with E-state index in [9.17, 15) is 14.7 Å². The number of carbonyl (C=O) groups excluding carboxylic acids is 2. The first-order valence-electron chi connectivity index (χ1n) is 7.70. The van der Waals surface area contributed by atoms with E-state index in [1.165, 1.54) is 0 Å². The molecule has 114 valence electrons. The highest BCUT2D eigenvalue weighted by molar-refractivity contribution is 6.27. The number of aliphatic hydroxyl groups excluding tert-OH is 1. The summed E-state index contributed by atoms with van der Waals surface area (Å²) in [5.74, 6) is -1.09. The van der Waals surface area contributed by atoms with Crippen molar-refractivity contribution in [3.8, 4) is 0 Å². The van der Waals surface area contributed by atoms with Gasteiger partial charge in [0, 0.05) is 16.5 Å². The van der Waals surface area contributed by atoms with Gasteiger partial charge in [-0.3, -0.25) is 9.59 Å². The lowest BCUT2D eigenvalue weighted by molar-refractivity contribution is 0.0913. The number of aryl methyl sites for hydroxylation is 1. The molecule has 0 spiro atoms. The molecule has 3 heteroatoms. The van der Waals surface area contributed by atoms with Crippen molar-refractivity contribution in [2.45, 2.75) is 39.5 Å². The van der Waals surface area contributed by atoms with Gasteiger partial charge in [-0.1, -0.05) is 32.1 Å². The number of aliphatic hydroxyl groups is 1. The van der Waals surface area contributed by atoms with Crippen LogP contribution in [0.4, 0.5) is 0 Å². The molecular weight excluding hydrogens is 276 g/mol. The van der Waals surface area contributed by atoms with E-state index >= 15 is 0 Å². The molecule has 1 aromatic carbocycles. The fourth-order valence-electron chi connectivity index (χ4n) is 3.45. The number of hydrogen-bond donors (Lipinski definition) is 1. The zero-order valence-electron chi connectivity index (χ0n) is 13.0. The van der Waals surface area contributed by atoms with E-state index in [1.54, 1.807) is 26.0 Å². The molecule has 2 aliphatic rings. The second-order valence-corrected chi connectivity index (χ2v) is 6.64. The average Bonchev–Trinajstić information content (AvgIpc) is 2.51. The summed E-state index contributed by atoms with van der Waals surface area (Å²) in [5, 5.41) is 10.4. The van der Waals surface area contributed by atoms with Gasteiger partial charge < -0.3 is 5.11 Å². The highest BCUT2D eigenvalue weighted by Crippen LogP contribution is 2.39. The monoisotopic (exact) mass is 296 g/mol. The van der Waals surface area contributed by atoms with Gasteiger partial charge in [0.2, 0.25) is 5.78 Å². The van der Waals surface area contributed by atoms with Gasteiger partial charge in [0.05, 0.1) is 5.57 Å². The van der Waals surface area contributed by atoms with Gasteiger partial charge in [0.15, 0.2) is 11.5 Å². The van der Waals surface area contributed by atoms with E-state index in [0.717, 1.165) is 36.8 Å². The smallest absolute Gasteiger partial charge is 0.228 e. The first-order valence-corrected chi connectivity index (χ1v) is 7.70. The Morgan fingerprint density at radius 1 is 1.14 bits per heavy atom. The third-order valence-electron chi connectivity index (χ3n) is 4.84. The maximum atomic E-state index is 12.8. The van der Waals surface area contributed by atoms with E-state index < -0.39 is 17.0 Å². The molecule has 0 radical (unpaired) electrons. The summed E-state index contributed by atoms with van der Waals surface area (Å²) in [6, 6.07) is 3.70. The van der Waals surface area contributed by atoms with Crippen LogP contribution in [-0.2, 0) is 12.8 Å². The molecule has 0 saturated carbocycles. The van der Waals surface area contributed by atoms with E-state index in [2.05, 4.69) is 6.58 Å². The van der Waals surface area contributed by atoms with Crippen LogP contribution in [0.1, 0.15) is 58.5 Å². The average molecular weight is 296 g/mol. The van der Waals surface area contributed by atoms with Crippen LogP contribution in [0, 0.1) is 5.41 Å². The lowest BCUT2D eigenvalue weighted by Gasteiger charge is -2.30. The van der Waals surface area contributed by atoms with E-state index in [-0.39, 0.29) is 11.4 Å². The van der Waals surface area contributed by atoms with Crippen molar-refractivity contribution in [1.29, 1.82) is 0 Å². The van der Waals surface area contributed by atoms with Crippen molar-refractivity contribution >= 4 is 11.6 Å². The molecule has 0 saturated heterocycles. The van der Waals surface area contributed by atoms with Crippen molar-refractivity contribution in [3.63, 3.8) is 0 Å². The normalized spacial score (nSPS) is 18.1. The van der Waals surface area contributed by atoms with Crippen molar-refractivity contribution < 1.29 is 14.7 Å². The van der Waals surface area contributed by atoms with Crippen LogP contribution >= 0.6 is 0 Å². The summed E-state index contributed by atoms with van der Waals surface area (Å²) in [7, 11) is 0. The Hall–Kier alpha value is -2.16. The topological polar surface area (TPSA) is 54.4 Å². The Morgan fingerprint density at radius 2 is 1.82 bits per heavy atom. The van der Waals surface area contributed by atoms with Gasteiger partial charge in [-0.05, 0) is 36.8 Å². The van der Waals surface area contributed by atoms with Gasteiger partial charge in [0.1, 0.15) is 0 Å². The van der Waals surface area contributed by atoms with Crippen molar-refractivity contribution in [2.24, 2.45) is 5.41 Å². The highest BCUT2D eigenvalue weighted by Gasteiger charge is 2.40. The SMILES string of the molecule is C=CC(C)(C)C1=C(O)C(=O)c2c(ccc3c2CCCC3)C1=O. The van der Waals surface area contributed by atoms with Crippen LogP contribution in [0.5, 0.6) is 0 Å². The Balaban J connectivity index is 2.25. The Morgan fingerprint density at radius 3 is 2.50 bits per heavy atom. The quantitative estimate of drug-likeness (QED) is 0.840. The summed E-state index contributed by atoms with van der Waals surface area (Å²) in [4.78, 5) is 25.6. The predicted molar refractivity (Wildman–Crippen MR) is 85.4 cm³/mol. The second-order valence-electron chi connectivity index (χ2n) is 6.64. The predicted octanol–water partition coefficient (Wildman–Crippen LogP) is 3.97. The van der Waals surface area contributed by atoms with Crippen molar-refractivity contribution in [2.75, 3.05) is 0 Å². The summed E-state index contributed by atoms with van der Waals surface area (Å²) in [6.45, 7) is 7.27. The minimum absolute atomic E-state index is 0.149. The molecule has 0 heterocycles. The number of fused-ring (bicyclic) bond motifs is 3. The third kappa shape index (κ3) is 1.96. The minimum Gasteiger partial charge on any atom is -0.504 e. The largest absolute Gasteiger partial charge is 0.504 e. The molecular formula is C19H20O3. The molecule has 0 amide bonds. The molecule has 0 fully saturated rings. The molecule has 0 atom stereocenters. The van der Waals surface area contributed by atoms with Crippen LogP contribution in [-0.4, -0.2) is 16.7 Å². The number of benzene rings is 1. The van der Waals surface area contributed by atoms with Crippen molar-refractivity contribution in [1.82, 2.24) is 0 Å².